The Labute approximate surface area is 87.6 Å². The van der Waals surface area contributed by atoms with Gasteiger partial charge in [-0.1, -0.05) is 34.1 Å². The molecule has 1 unspecified atom stereocenters. The maximum absolute atomic E-state index is 5.62. The summed E-state index contributed by atoms with van der Waals surface area (Å²) in [6, 6.07) is 8.40. The zero-order valence-electron chi connectivity index (χ0n) is 7.76. The molecule has 13 heavy (non-hydrogen) atoms. The molecule has 1 atom stereocenters. The van der Waals surface area contributed by atoms with Crippen LogP contribution in [0, 0.1) is 0 Å². The topological polar surface area (TPSA) is 38.0 Å². The van der Waals surface area contributed by atoms with Gasteiger partial charge in [-0.2, -0.15) is 0 Å². The summed E-state index contributed by atoms with van der Waals surface area (Å²) in [6.07, 6.45) is 0. The second kappa shape index (κ2) is 5.37. The van der Waals surface area contributed by atoms with Crippen LogP contribution in [-0.2, 0) is 6.54 Å². The van der Waals surface area contributed by atoms with Crippen molar-refractivity contribution in [3.8, 4) is 0 Å². The van der Waals surface area contributed by atoms with Crippen molar-refractivity contribution < 1.29 is 0 Å². The Hall–Kier alpha value is -0.380. The Kier molecular flexibility index (Phi) is 4.42. The molecule has 0 radical (unpaired) electrons. The Morgan fingerprint density at radius 3 is 2.77 bits per heavy atom. The molecule has 0 fully saturated rings. The first kappa shape index (κ1) is 10.7. The molecule has 3 N–H and O–H groups in total. The normalized spacial score (nSPS) is 12.8. The summed E-state index contributed by atoms with van der Waals surface area (Å²) in [7, 11) is 0. The van der Waals surface area contributed by atoms with Gasteiger partial charge in [0.15, 0.2) is 0 Å². The van der Waals surface area contributed by atoms with E-state index in [9.17, 15) is 0 Å². The van der Waals surface area contributed by atoms with E-state index in [-0.39, 0.29) is 6.04 Å². The van der Waals surface area contributed by atoms with Crippen LogP contribution >= 0.6 is 15.9 Å². The number of nitrogens with one attached hydrogen (secondary N) is 1. The maximum atomic E-state index is 5.62. The molecule has 72 valence electrons. The molecule has 1 rings (SSSR count). The number of hydrogen-bond donors (Lipinski definition) is 2. The van der Waals surface area contributed by atoms with Gasteiger partial charge in [0.2, 0.25) is 0 Å². The van der Waals surface area contributed by atoms with Crippen molar-refractivity contribution in [2.75, 3.05) is 6.54 Å². The van der Waals surface area contributed by atoms with E-state index in [0.717, 1.165) is 17.6 Å². The number of nitrogens with two attached hydrogens (primary N) is 1. The fourth-order valence-corrected chi connectivity index (χ4v) is 1.50. The van der Waals surface area contributed by atoms with Gasteiger partial charge in [0.25, 0.3) is 0 Å². The van der Waals surface area contributed by atoms with Crippen molar-refractivity contribution in [1.82, 2.24) is 5.32 Å². The number of halogens is 1. The van der Waals surface area contributed by atoms with E-state index >= 15 is 0 Å². The highest BCUT2D eigenvalue weighted by Gasteiger charge is 1.98. The van der Waals surface area contributed by atoms with Crippen LogP contribution in [-0.4, -0.2) is 12.6 Å². The lowest BCUT2D eigenvalue weighted by atomic mass is 10.2. The molecular formula is C10H15BrN2. The van der Waals surface area contributed by atoms with Crippen LogP contribution < -0.4 is 11.1 Å². The van der Waals surface area contributed by atoms with Crippen LogP contribution in [0.2, 0.25) is 0 Å². The first-order valence-electron chi connectivity index (χ1n) is 4.40. The molecule has 0 spiro atoms. The van der Waals surface area contributed by atoms with Crippen molar-refractivity contribution in [3.63, 3.8) is 0 Å². The predicted octanol–water partition coefficient (Wildman–Crippen LogP) is 1.89. The SMILES string of the molecule is CC(N)CNCc1ccccc1Br. The highest BCUT2D eigenvalue weighted by atomic mass is 79.9. The number of hydrogen-bond acceptors (Lipinski definition) is 2. The summed E-state index contributed by atoms with van der Waals surface area (Å²) in [4.78, 5) is 0. The van der Waals surface area contributed by atoms with Crippen molar-refractivity contribution >= 4 is 15.9 Å². The number of benzene rings is 1. The molecular weight excluding hydrogens is 228 g/mol. The van der Waals surface area contributed by atoms with Crippen LogP contribution in [0.1, 0.15) is 12.5 Å². The van der Waals surface area contributed by atoms with Gasteiger partial charge in [-0.05, 0) is 18.6 Å². The lowest BCUT2D eigenvalue weighted by Gasteiger charge is -2.08. The second-order valence-electron chi connectivity index (χ2n) is 3.20. The summed E-state index contributed by atoms with van der Waals surface area (Å²) in [5, 5.41) is 3.29. The minimum atomic E-state index is 0.211. The molecule has 0 bridgehead atoms. The highest BCUT2D eigenvalue weighted by Crippen LogP contribution is 2.14. The van der Waals surface area contributed by atoms with E-state index < -0.39 is 0 Å². The molecule has 0 aromatic heterocycles. The minimum absolute atomic E-state index is 0.211. The summed E-state index contributed by atoms with van der Waals surface area (Å²) in [5.74, 6) is 0. The fourth-order valence-electron chi connectivity index (χ4n) is 1.08. The molecule has 1 aromatic rings. The van der Waals surface area contributed by atoms with Crippen LogP contribution in [0.25, 0.3) is 0 Å². The summed E-state index contributed by atoms with van der Waals surface area (Å²) < 4.78 is 1.15. The monoisotopic (exact) mass is 242 g/mol. The van der Waals surface area contributed by atoms with Crippen LogP contribution in [0.4, 0.5) is 0 Å². The third-order valence-electron chi connectivity index (χ3n) is 1.74. The Morgan fingerprint density at radius 2 is 2.15 bits per heavy atom. The Balaban J connectivity index is 2.41. The van der Waals surface area contributed by atoms with E-state index in [4.69, 9.17) is 5.73 Å². The van der Waals surface area contributed by atoms with E-state index in [2.05, 4.69) is 27.3 Å². The Bertz CT molecular complexity index is 261. The third-order valence-corrected chi connectivity index (χ3v) is 2.51. The van der Waals surface area contributed by atoms with Gasteiger partial charge < -0.3 is 11.1 Å². The molecule has 0 amide bonds. The average molecular weight is 243 g/mol. The van der Waals surface area contributed by atoms with Crippen molar-refractivity contribution in [3.05, 3.63) is 34.3 Å². The van der Waals surface area contributed by atoms with Crippen molar-refractivity contribution in [2.24, 2.45) is 5.73 Å². The second-order valence-corrected chi connectivity index (χ2v) is 4.05. The van der Waals surface area contributed by atoms with E-state index in [1.54, 1.807) is 0 Å². The van der Waals surface area contributed by atoms with E-state index in [0.29, 0.717) is 0 Å². The van der Waals surface area contributed by atoms with Crippen molar-refractivity contribution in [2.45, 2.75) is 19.5 Å². The quantitative estimate of drug-likeness (QED) is 0.847. The zero-order valence-corrected chi connectivity index (χ0v) is 9.34. The third kappa shape index (κ3) is 3.89. The lowest BCUT2D eigenvalue weighted by molar-refractivity contribution is 0.607. The first-order chi connectivity index (χ1) is 6.20. The zero-order chi connectivity index (χ0) is 9.68. The summed E-state index contributed by atoms with van der Waals surface area (Å²) >= 11 is 3.49. The van der Waals surface area contributed by atoms with Gasteiger partial charge in [-0.25, -0.2) is 0 Å². The molecule has 0 aliphatic heterocycles. The standard InChI is InChI=1S/C10H15BrN2/c1-8(12)6-13-7-9-4-2-3-5-10(9)11/h2-5,8,13H,6-7,12H2,1H3. The molecule has 0 heterocycles. The average Bonchev–Trinajstić information content (AvgIpc) is 2.08. The van der Waals surface area contributed by atoms with Crippen molar-refractivity contribution in [1.29, 1.82) is 0 Å². The minimum Gasteiger partial charge on any atom is -0.327 e. The van der Waals surface area contributed by atoms with E-state index in [1.165, 1.54) is 5.56 Å². The van der Waals surface area contributed by atoms with Gasteiger partial charge in [0.05, 0.1) is 0 Å². The summed E-state index contributed by atoms with van der Waals surface area (Å²) in [6.45, 7) is 3.71. The highest BCUT2D eigenvalue weighted by molar-refractivity contribution is 9.10. The summed E-state index contributed by atoms with van der Waals surface area (Å²) in [5.41, 5.74) is 6.89. The smallest absolute Gasteiger partial charge is 0.0220 e. The first-order valence-corrected chi connectivity index (χ1v) is 5.19. The van der Waals surface area contributed by atoms with E-state index in [1.807, 2.05) is 25.1 Å². The Morgan fingerprint density at radius 1 is 1.46 bits per heavy atom. The molecule has 0 aliphatic rings. The maximum Gasteiger partial charge on any atom is 0.0220 e. The lowest BCUT2D eigenvalue weighted by Crippen LogP contribution is -2.30. The van der Waals surface area contributed by atoms with Gasteiger partial charge >= 0.3 is 0 Å². The molecule has 0 saturated heterocycles. The van der Waals surface area contributed by atoms with Gasteiger partial charge in [0.1, 0.15) is 0 Å². The molecule has 3 heteroatoms. The molecule has 2 nitrogen and oxygen atoms in total. The largest absolute Gasteiger partial charge is 0.327 e. The predicted molar refractivity (Wildman–Crippen MR) is 59.5 cm³/mol. The fraction of sp³-hybridized carbons (Fsp3) is 0.400. The number of rotatable bonds is 4. The van der Waals surface area contributed by atoms with Gasteiger partial charge in [0, 0.05) is 23.6 Å². The van der Waals surface area contributed by atoms with Crippen LogP contribution in [0.15, 0.2) is 28.7 Å². The molecule has 1 aromatic carbocycles. The van der Waals surface area contributed by atoms with Gasteiger partial charge in [-0.15, -0.1) is 0 Å². The van der Waals surface area contributed by atoms with Gasteiger partial charge in [-0.3, -0.25) is 0 Å². The molecule has 0 aliphatic carbocycles. The van der Waals surface area contributed by atoms with Crippen LogP contribution in [0.5, 0.6) is 0 Å². The van der Waals surface area contributed by atoms with Crippen LogP contribution in [0.3, 0.4) is 0 Å². The molecule has 0 saturated carbocycles.